The van der Waals surface area contributed by atoms with Crippen molar-refractivity contribution in [1.29, 1.82) is 0 Å². The highest BCUT2D eigenvalue weighted by Crippen LogP contribution is 1.91. The van der Waals surface area contributed by atoms with Gasteiger partial charge < -0.3 is 9.88 Å². The molecule has 0 bridgehead atoms. The van der Waals surface area contributed by atoms with Crippen LogP contribution in [-0.2, 0) is 13.6 Å². The van der Waals surface area contributed by atoms with Crippen molar-refractivity contribution in [2.75, 3.05) is 6.54 Å². The fourth-order valence-electron chi connectivity index (χ4n) is 0.821. The Hall–Kier alpha value is -1.27. The molecule has 1 N–H and O–H groups in total. The Kier molecular flexibility index (Phi) is 2.70. The summed E-state index contributed by atoms with van der Waals surface area (Å²) in [6.45, 7) is 1.33. The fraction of sp³-hybridized carbons (Fsp3) is 0.375. The van der Waals surface area contributed by atoms with Crippen molar-refractivity contribution in [3.8, 4) is 12.3 Å². The molecule has 0 aliphatic carbocycles. The number of nitrogens with zero attached hydrogens (tertiary/aromatic N) is 2. The average Bonchev–Trinajstić information content (AvgIpc) is 2.37. The van der Waals surface area contributed by atoms with Gasteiger partial charge in [0.2, 0.25) is 0 Å². The van der Waals surface area contributed by atoms with Crippen LogP contribution in [0, 0.1) is 12.3 Å². The van der Waals surface area contributed by atoms with Crippen molar-refractivity contribution in [3.05, 3.63) is 18.2 Å². The molecular weight excluding hydrogens is 138 g/mol. The van der Waals surface area contributed by atoms with E-state index in [2.05, 4.69) is 16.2 Å². The van der Waals surface area contributed by atoms with Crippen LogP contribution in [0.4, 0.5) is 0 Å². The molecule has 58 valence electrons. The van der Waals surface area contributed by atoms with E-state index in [1.807, 2.05) is 17.8 Å². The maximum atomic E-state index is 5.06. The minimum atomic E-state index is 0.594. The molecule has 0 unspecified atom stereocenters. The molecule has 0 spiro atoms. The van der Waals surface area contributed by atoms with Gasteiger partial charge in [-0.25, -0.2) is 4.98 Å². The van der Waals surface area contributed by atoms with Crippen molar-refractivity contribution in [1.82, 2.24) is 14.9 Å². The summed E-state index contributed by atoms with van der Waals surface area (Å²) >= 11 is 0. The molecule has 11 heavy (non-hydrogen) atoms. The van der Waals surface area contributed by atoms with Crippen LogP contribution in [0.1, 0.15) is 5.69 Å². The normalized spacial score (nSPS) is 9.45. The molecule has 0 amide bonds. The second kappa shape index (κ2) is 3.79. The Bertz CT molecular complexity index is 257. The van der Waals surface area contributed by atoms with Crippen molar-refractivity contribution < 1.29 is 0 Å². The van der Waals surface area contributed by atoms with Gasteiger partial charge in [-0.05, 0) is 0 Å². The summed E-state index contributed by atoms with van der Waals surface area (Å²) in [7, 11) is 1.94. The molecular formula is C8H11N3. The monoisotopic (exact) mass is 149 g/mol. The van der Waals surface area contributed by atoms with Crippen LogP contribution in [0.3, 0.4) is 0 Å². The molecule has 1 heterocycles. The van der Waals surface area contributed by atoms with E-state index in [1.54, 1.807) is 6.33 Å². The highest BCUT2D eigenvalue weighted by molar-refractivity contribution is 4.96. The number of imidazole rings is 1. The first-order valence-electron chi connectivity index (χ1n) is 3.44. The molecule has 0 saturated carbocycles. The topological polar surface area (TPSA) is 29.9 Å². The molecule has 0 aromatic carbocycles. The second-order valence-electron chi connectivity index (χ2n) is 2.34. The molecule has 0 saturated heterocycles. The number of hydrogen-bond donors (Lipinski definition) is 1. The Morgan fingerprint density at radius 1 is 1.82 bits per heavy atom. The van der Waals surface area contributed by atoms with E-state index in [4.69, 9.17) is 6.42 Å². The predicted molar refractivity (Wildman–Crippen MR) is 43.7 cm³/mol. The lowest BCUT2D eigenvalue weighted by atomic mass is 10.4. The lowest BCUT2D eigenvalue weighted by Gasteiger charge is -1.94. The van der Waals surface area contributed by atoms with E-state index in [1.165, 1.54) is 0 Å². The largest absolute Gasteiger partial charge is 0.340 e. The third kappa shape index (κ3) is 2.44. The van der Waals surface area contributed by atoms with Gasteiger partial charge in [-0.15, -0.1) is 6.42 Å². The molecule has 0 aliphatic rings. The van der Waals surface area contributed by atoms with Crippen LogP contribution in [0.5, 0.6) is 0 Å². The minimum Gasteiger partial charge on any atom is -0.340 e. The standard InChI is InChI=1S/C8H11N3/c1-3-4-9-5-8-6-11(2)7-10-8/h1,6-7,9H,4-5H2,2H3. The van der Waals surface area contributed by atoms with Gasteiger partial charge in [-0.1, -0.05) is 5.92 Å². The maximum Gasteiger partial charge on any atom is 0.0947 e. The van der Waals surface area contributed by atoms with Crippen LogP contribution < -0.4 is 5.32 Å². The third-order valence-corrected chi connectivity index (χ3v) is 1.29. The highest BCUT2D eigenvalue weighted by atomic mass is 15.0. The smallest absolute Gasteiger partial charge is 0.0947 e. The van der Waals surface area contributed by atoms with E-state index in [0.29, 0.717) is 6.54 Å². The molecule has 0 fully saturated rings. The summed E-state index contributed by atoms with van der Waals surface area (Å²) in [5.74, 6) is 2.50. The second-order valence-corrected chi connectivity index (χ2v) is 2.34. The molecule has 0 radical (unpaired) electrons. The van der Waals surface area contributed by atoms with Gasteiger partial charge >= 0.3 is 0 Å². The molecule has 1 aromatic heterocycles. The zero-order valence-electron chi connectivity index (χ0n) is 6.54. The van der Waals surface area contributed by atoms with E-state index in [0.717, 1.165) is 12.2 Å². The summed E-state index contributed by atoms with van der Waals surface area (Å²) in [6, 6.07) is 0. The van der Waals surface area contributed by atoms with Crippen molar-refractivity contribution in [2.24, 2.45) is 7.05 Å². The fourth-order valence-corrected chi connectivity index (χ4v) is 0.821. The zero-order chi connectivity index (χ0) is 8.10. The SMILES string of the molecule is C#CCNCc1cn(C)cn1. The Morgan fingerprint density at radius 2 is 2.64 bits per heavy atom. The van der Waals surface area contributed by atoms with Crippen LogP contribution in [0.15, 0.2) is 12.5 Å². The van der Waals surface area contributed by atoms with Gasteiger partial charge in [0.1, 0.15) is 0 Å². The summed E-state index contributed by atoms with van der Waals surface area (Å²) in [5.41, 5.74) is 1.02. The first-order chi connectivity index (χ1) is 5.33. The van der Waals surface area contributed by atoms with Crippen molar-refractivity contribution in [3.63, 3.8) is 0 Å². The van der Waals surface area contributed by atoms with Gasteiger partial charge in [0, 0.05) is 19.8 Å². The van der Waals surface area contributed by atoms with Gasteiger partial charge in [0.05, 0.1) is 18.6 Å². The predicted octanol–water partition coefficient (Wildman–Crippen LogP) is 0.143. The van der Waals surface area contributed by atoms with Gasteiger partial charge in [-0.2, -0.15) is 0 Å². The first-order valence-corrected chi connectivity index (χ1v) is 3.44. The molecule has 1 aromatic rings. The van der Waals surface area contributed by atoms with E-state index in [9.17, 15) is 0 Å². The number of aryl methyl sites for hydroxylation is 1. The van der Waals surface area contributed by atoms with E-state index >= 15 is 0 Å². The summed E-state index contributed by atoms with van der Waals surface area (Å²) in [6.07, 6.45) is 8.79. The number of aromatic nitrogens is 2. The van der Waals surface area contributed by atoms with Crippen LogP contribution in [0.2, 0.25) is 0 Å². The zero-order valence-corrected chi connectivity index (χ0v) is 6.54. The molecule has 0 atom stereocenters. The number of hydrogen-bond acceptors (Lipinski definition) is 2. The Labute approximate surface area is 66.4 Å². The Balaban J connectivity index is 2.34. The molecule has 3 heteroatoms. The number of nitrogens with one attached hydrogen (secondary N) is 1. The third-order valence-electron chi connectivity index (χ3n) is 1.29. The molecule has 3 nitrogen and oxygen atoms in total. The lowest BCUT2D eigenvalue weighted by Crippen LogP contribution is -2.13. The Morgan fingerprint density at radius 3 is 3.18 bits per heavy atom. The van der Waals surface area contributed by atoms with Gasteiger partial charge in [0.15, 0.2) is 0 Å². The van der Waals surface area contributed by atoms with Crippen molar-refractivity contribution >= 4 is 0 Å². The summed E-state index contributed by atoms with van der Waals surface area (Å²) in [5, 5.41) is 3.05. The minimum absolute atomic E-state index is 0.594. The molecule has 1 rings (SSSR count). The van der Waals surface area contributed by atoms with Crippen molar-refractivity contribution in [2.45, 2.75) is 6.54 Å². The summed E-state index contributed by atoms with van der Waals surface area (Å²) in [4.78, 5) is 4.12. The first kappa shape index (κ1) is 7.83. The van der Waals surface area contributed by atoms with Crippen LogP contribution in [-0.4, -0.2) is 16.1 Å². The number of terminal acetylenes is 1. The quantitative estimate of drug-likeness (QED) is 0.489. The highest BCUT2D eigenvalue weighted by Gasteiger charge is 1.92. The molecule has 0 aliphatic heterocycles. The lowest BCUT2D eigenvalue weighted by molar-refractivity contribution is 0.752. The van der Waals surface area contributed by atoms with E-state index < -0.39 is 0 Å². The summed E-state index contributed by atoms with van der Waals surface area (Å²) < 4.78 is 1.91. The number of rotatable bonds is 3. The maximum absolute atomic E-state index is 5.06. The van der Waals surface area contributed by atoms with Crippen LogP contribution in [0.25, 0.3) is 0 Å². The van der Waals surface area contributed by atoms with Gasteiger partial charge in [0.25, 0.3) is 0 Å². The van der Waals surface area contributed by atoms with Crippen LogP contribution >= 0.6 is 0 Å². The average molecular weight is 149 g/mol. The van der Waals surface area contributed by atoms with Gasteiger partial charge in [-0.3, -0.25) is 0 Å². The van der Waals surface area contributed by atoms with E-state index in [-0.39, 0.29) is 0 Å².